The maximum atomic E-state index is 11.5. The van der Waals surface area contributed by atoms with Gasteiger partial charge in [0.1, 0.15) is 12.4 Å². The summed E-state index contributed by atoms with van der Waals surface area (Å²) >= 11 is 6.53. The number of carbonyl (C=O) groups excluding carboxylic acids is 1. The first-order valence-electron chi connectivity index (χ1n) is 5.48. The molecule has 0 fully saturated rings. The fourth-order valence-electron chi connectivity index (χ4n) is 1.35. The van der Waals surface area contributed by atoms with E-state index in [0.717, 1.165) is 10.0 Å². The maximum Gasteiger partial charge on any atom is 0.331 e. The molecule has 19 heavy (non-hydrogen) atoms. The summed E-state index contributed by atoms with van der Waals surface area (Å²) in [6.45, 7) is 0.248. The second-order valence-corrected chi connectivity index (χ2v) is 5.41. The Morgan fingerprint density at radius 2 is 1.89 bits per heavy atom. The van der Waals surface area contributed by atoms with E-state index in [1.807, 2.05) is 24.3 Å². The molecular formula is C14H10Br2O3. The van der Waals surface area contributed by atoms with E-state index in [0.29, 0.717) is 10.4 Å². The lowest BCUT2D eigenvalue weighted by Gasteiger charge is -2.01. The van der Waals surface area contributed by atoms with Crippen LogP contribution in [0.1, 0.15) is 11.3 Å². The summed E-state index contributed by atoms with van der Waals surface area (Å²) in [5, 5.41) is 0. The minimum absolute atomic E-state index is 0.248. The van der Waals surface area contributed by atoms with Crippen LogP contribution < -0.4 is 0 Å². The highest BCUT2D eigenvalue weighted by molar-refractivity contribution is 9.10. The monoisotopic (exact) mass is 384 g/mol. The normalized spacial score (nSPS) is 10.8. The number of benzene rings is 1. The van der Waals surface area contributed by atoms with Crippen molar-refractivity contribution in [3.8, 4) is 0 Å². The van der Waals surface area contributed by atoms with Crippen LogP contribution in [-0.4, -0.2) is 5.97 Å². The van der Waals surface area contributed by atoms with Gasteiger partial charge in [0.05, 0.1) is 0 Å². The maximum absolute atomic E-state index is 11.5. The van der Waals surface area contributed by atoms with Gasteiger partial charge in [0.25, 0.3) is 0 Å². The van der Waals surface area contributed by atoms with Gasteiger partial charge in [-0.05, 0) is 51.8 Å². The smallest absolute Gasteiger partial charge is 0.331 e. The summed E-state index contributed by atoms with van der Waals surface area (Å²) < 4.78 is 11.9. The molecule has 0 bridgehead atoms. The SMILES string of the molecule is O=C(/C=C/c1ccc(Br)o1)OCc1ccc(Br)cc1. The average molecular weight is 386 g/mol. The van der Waals surface area contributed by atoms with Crippen LogP contribution in [0.15, 0.2) is 56.0 Å². The van der Waals surface area contributed by atoms with Crippen molar-refractivity contribution < 1.29 is 13.9 Å². The molecule has 0 aliphatic rings. The lowest BCUT2D eigenvalue weighted by molar-refractivity contribution is -0.138. The first-order valence-corrected chi connectivity index (χ1v) is 7.07. The molecule has 1 aromatic heterocycles. The lowest BCUT2D eigenvalue weighted by Crippen LogP contribution is -2.00. The Kier molecular flexibility index (Phi) is 4.99. The zero-order valence-electron chi connectivity index (χ0n) is 9.81. The molecule has 98 valence electrons. The van der Waals surface area contributed by atoms with E-state index in [2.05, 4.69) is 31.9 Å². The van der Waals surface area contributed by atoms with E-state index < -0.39 is 5.97 Å². The van der Waals surface area contributed by atoms with Crippen LogP contribution in [0.3, 0.4) is 0 Å². The molecule has 2 rings (SSSR count). The van der Waals surface area contributed by atoms with Crippen LogP contribution in [0, 0.1) is 0 Å². The highest BCUT2D eigenvalue weighted by atomic mass is 79.9. The molecule has 0 saturated heterocycles. The van der Waals surface area contributed by atoms with Crippen LogP contribution in [0.25, 0.3) is 6.08 Å². The van der Waals surface area contributed by atoms with Gasteiger partial charge in [-0.2, -0.15) is 0 Å². The van der Waals surface area contributed by atoms with Crippen LogP contribution in [-0.2, 0) is 16.1 Å². The number of rotatable bonds is 4. The molecule has 5 heteroatoms. The first kappa shape index (κ1) is 14.1. The average Bonchev–Trinajstić information content (AvgIpc) is 2.81. The van der Waals surface area contributed by atoms with E-state index in [1.54, 1.807) is 18.2 Å². The Hall–Kier alpha value is -1.33. The van der Waals surface area contributed by atoms with Gasteiger partial charge in [0.15, 0.2) is 4.67 Å². The molecule has 0 unspecified atom stereocenters. The molecule has 0 aliphatic heterocycles. The zero-order valence-corrected chi connectivity index (χ0v) is 13.0. The van der Waals surface area contributed by atoms with Crippen molar-refractivity contribution in [3.05, 3.63) is 62.9 Å². The summed E-state index contributed by atoms with van der Waals surface area (Å²) in [5.41, 5.74) is 0.936. The van der Waals surface area contributed by atoms with Gasteiger partial charge < -0.3 is 9.15 Å². The number of hydrogen-bond acceptors (Lipinski definition) is 3. The lowest BCUT2D eigenvalue weighted by atomic mass is 10.2. The summed E-state index contributed by atoms with van der Waals surface area (Å²) in [6.07, 6.45) is 2.90. The predicted octanol–water partition coefficient (Wildman–Crippen LogP) is 4.56. The van der Waals surface area contributed by atoms with Crippen molar-refractivity contribution in [1.82, 2.24) is 0 Å². The Labute approximate surface area is 127 Å². The van der Waals surface area contributed by atoms with Crippen LogP contribution in [0.2, 0.25) is 0 Å². The molecule has 0 aliphatic carbocycles. The molecule has 3 nitrogen and oxygen atoms in total. The molecule has 1 aromatic carbocycles. The fraction of sp³-hybridized carbons (Fsp3) is 0.0714. The Morgan fingerprint density at radius 3 is 2.53 bits per heavy atom. The number of ether oxygens (including phenoxy) is 1. The number of halogens is 2. The number of furan rings is 1. The fourth-order valence-corrected chi connectivity index (χ4v) is 1.93. The van der Waals surface area contributed by atoms with Gasteiger partial charge in [0.2, 0.25) is 0 Å². The number of esters is 1. The summed E-state index contributed by atoms with van der Waals surface area (Å²) in [6, 6.07) is 11.1. The van der Waals surface area contributed by atoms with Crippen molar-refractivity contribution in [2.45, 2.75) is 6.61 Å². The van der Waals surface area contributed by atoms with Crippen LogP contribution in [0.4, 0.5) is 0 Å². The molecule has 1 heterocycles. The van der Waals surface area contributed by atoms with Crippen molar-refractivity contribution in [2.75, 3.05) is 0 Å². The Balaban J connectivity index is 1.84. The highest BCUT2D eigenvalue weighted by Gasteiger charge is 2.00. The third kappa shape index (κ3) is 4.69. The molecule has 0 N–H and O–H groups in total. The minimum atomic E-state index is -0.407. The second-order valence-electron chi connectivity index (χ2n) is 3.71. The Bertz CT molecular complexity index is 585. The van der Waals surface area contributed by atoms with E-state index in [4.69, 9.17) is 9.15 Å². The number of hydrogen-bond donors (Lipinski definition) is 0. The van der Waals surface area contributed by atoms with Crippen LogP contribution in [0.5, 0.6) is 0 Å². The van der Waals surface area contributed by atoms with E-state index in [9.17, 15) is 4.79 Å². The minimum Gasteiger partial charge on any atom is -0.458 e. The summed E-state index contributed by atoms with van der Waals surface area (Å²) in [7, 11) is 0. The predicted molar refractivity (Wildman–Crippen MR) is 79.4 cm³/mol. The topological polar surface area (TPSA) is 39.4 Å². The third-order valence-electron chi connectivity index (χ3n) is 2.27. The van der Waals surface area contributed by atoms with Crippen molar-refractivity contribution in [2.24, 2.45) is 0 Å². The van der Waals surface area contributed by atoms with Gasteiger partial charge in [-0.25, -0.2) is 4.79 Å². The van der Waals surface area contributed by atoms with Crippen molar-refractivity contribution in [3.63, 3.8) is 0 Å². The quantitative estimate of drug-likeness (QED) is 0.572. The molecule has 0 radical (unpaired) electrons. The van der Waals surface area contributed by atoms with Crippen molar-refractivity contribution >= 4 is 43.9 Å². The van der Waals surface area contributed by atoms with Crippen molar-refractivity contribution in [1.29, 1.82) is 0 Å². The number of carbonyl (C=O) groups is 1. The molecule has 0 spiro atoms. The zero-order chi connectivity index (χ0) is 13.7. The Morgan fingerprint density at radius 1 is 1.16 bits per heavy atom. The van der Waals surface area contributed by atoms with Gasteiger partial charge in [0, 0.05) is 10.5 Å². The van der Waals surface area contributed by atoms with E-state index in [1.165, 1.54) is 6.08 Å². The van der Waals surface area contributed by atoms with E-state index >= 15 is 0 Å². The van der Waals surface area contributed by atoms with Gasteiger partial charge in [-0.3, -0.25) is 0 Å². The molecule has 0 amide bonds. The standard InChI is InChI=1S/C14H10Br2O3/c15-11-3-1-10(2-4-11)9-18-14(17)8-6-12-5-7-13(16)19-12/h1-8H,9H2/b8-6+. The van der Waals surface area contributed by atoms with E-state index in [-0.39, 0.29) is 6.61 Å². The molecule has 0 saturated carbocycles. The van der Waals surface area contributed by atoms with Gasteiger partial charge in [-0.1, -0.05) is 28.1 Å². The summed E-state index contributed by atoms with van der Waals surface area (Å²) in [4.78, 5) is 11.5. The second kappa shape index (κ2) is 6.73. The van der Waals surface area contributed by atoms with Gasteiger partial charge in [-0.15, -0.1) is 0 Å². The summed E-state index contributed by atoms with van der Waals surface area (Å²) in [5.74, 6) is 0.183. The first-order chi connectivity index (χ1) is 9.13. The molecular weight excluding hydrogens is 376 g/mol. The van der Waals surface area contributed by atoms with Crippen LogP contribution >= 0.6 is 31.9 Å². The largest absolute Gasteiger partial charge is 0.458 e. The third-order valence-corrected chi connectivity index (χ3v) is 3.23. The van der Waals surface area contributed by atoms with Gasteiger partial charge >= 0.3 is 5.97 Å². The highest BCUT2D eigenvalue weighted by Crippen LogP contribution is 2.15. The molecule has 0 atom stereocenters. The molecule has 2 aromatic rings.